The number of hydrogen-bond acceptors (Lipinski definition) is 7. The zero-order chi connectivity index (χ0) is 29.5. The van der Waals surface area contributed by atoms with Gasteiger partial charge in [0.25, 0.3) is 0 Å². The number of aliphatic hydroxyl groups excluding tert-OH is 1. The van der Waals surface area contributed by atoms with Crippen molar-refractivity contribution < 1.29 is 28.9 Å². The molecule has 0 amide bonds. The molecule has 0 aliphatic rings. The van der Waals surface area contributed by atoms with Crippen molar-refractivity contribution in [2.45, 2.75) is 65.0 Å². The van der Waals surface area contributed by atoms with E-state index in [2.05, 4.69) is 11.8 Å². The molecule has 0 aliphatic heterocycles. The number of hydrogen-bond donors (Lipinski definition) is 1. The largest absolute Gasteiger partial charge is 0.466 e. The molecule has 0 radical (unpaired) electrons. The Morgan fingerprint density at radius 1 is 0.780 bits per heavy atom. The SMILES string of the molecule is CCOC(=O)[C@@H]([C@@H](O)C(=O)OCC)[C@H](CCCOCc1ccccc1)N(Cc1ccccc1)[C@@H](C)c1ccccc1. The molecule has 7 heteroatoms. The molecular formula is C34H43NO6. The number of nitrogens with zero attached hydrogens (tertiary/aromatic N) is 1. The van der Waals surface area contributed by atoms with Crippen LogP contribution >= 0.6 is 0 Å². The van der Waals surface area contributed by atoms with Gasteiger partial charge in [-0.1, -0.05) is 91.0 Å². The summed E-state index contributed by atoms with van der Waals surface area (Å²) in [4.78, 5) is 28.5. The van der Waals surface area contributed by atoms with Crippen molar-refractivity contribution in [2.75, 3.05) is 19.8 Å². The average molecular weight is 562 g/mol. The Hall–Kier alpha value is -3.52. The van der Waals surface area contributed by atoms with E-state index in [1.165, 1.54) is 0 Å². The van der Waals surface area contributed by atoms with Crippen LogP contribution in [0.25, 0.3) is 0 Å². The molecule has 0 aromatic heterocycles. The number of rotatable bonds is 17. The summed E-state index contributed by atoms with van der Waals surface area (Å²) in [6.45, 7) is 7.12. The smallest absolute Gasteiger partial charge is 0.335 e. The van der Waals surface area contributed by atoms with Gasteiger partial charge in [0.1, 0.15) is 5.92 Å². The number of ether oxygens (including phenoxy) is 3. The Morgan fingerprint density at radius 2 is 1.32 bits per heavy atom. The third-order valence-corrected chi connectivity index (χ3v) is 7.16. The average Bonchev–Trinajstić information content (AvgIpc) is 3.00. The molecule has 0 fully saturated rings. The van der Waals surface area contributed by atoms with E-state index in [-0.39, 0.29) is 19.3 Å². The summed E-state index contributed by atoms with van der Waals surface area (Å²) in [7, 11) is 0. The highest BCUT2D eigenvalue weighted by Gasteiger charge is 2.44. The first-order valence-electron chi connectivity index (χ1n) is 14.4. The Kier molecular flexibility index (Phi) is 13.5. The van der Waals surface area contributed by atoms with Crippen molar-refractivity contribution >= 4 is 11.9 Å². The monoisotopic (exact) mass is 561 g/mol. The predicted octanol–water partition coefficient (Wildman–Crippen LogP) is 5.72. The predicted molar refractivity (Wildman–Crippen MR) is 159 cm³/mol. The summed E-state index contributed by atoms with van der Waals surface area (Å²) < 4.78 is 16.6. The molecule has 0 spiro atoms. The number of carbonyl (C=O) groups is 2. The van der Waals surface area contributed by atoms with E-state index in [9.17, 15) is 14.7 Å². The molecule has 0 unspecified atom stereocenters. The first-order valence-corrected chi connectivity index (χ1v) is 14.4. The van der Waals surface area contributed by atoms with Crippen LogP contribution in [-0.2, 0) is 37.0 Å². The van der Waals surface area contributed by atoms with E-state index >= 15 is 0 Å². The highest BCUT2D eigenvalue weighted by Crippen LogP contribution is 2.32. The van der Waals surface area contributed by atoms with Crippen LogP contribution in [0.15, 0.2) is 91.0 Å². The van der Waals surface area contributed by atoms with Crippen LogP contribution < -0.4 is 0 Å². The Bertz CT molecular complexity index is 1160. The van der Waals surface area contributed by atoms with E-state index in [0.29, 0.717) is 32.6 Å². The van der Waals surface area contributed by atoms with E-state index in [4.69, 9.17) is 14.2 Å². The van der Waals surface area contributed by atoms with Crippen molar-refractivity contribution in [3.8, 4) is 0 Å². The summed E-state index contributed by atoms with van der Waals surface area (Å²) >= 11 is 0. The Morgan fingerprint density at radius 3 is 1.90 bits per heavy atom. The van der Waals surface area contributed by atoms with E-state index in [1.807, 2.05) is 91.0 Å². The number of esters is 2. The molecule has 0 saturated heterocycles. The highest BCUT2D eigenvalue weighted by atomic mass is 16.6. The molecule has 0 aliphatic carbocycles. The van der Waals surface area contributed by atoms with Crippen molar-refractivity contribution in [1.29, 1.82) is 0 Å². The maximum Gasteiger partial charge on any atom is 0.335 e. The molecule has 1 N–H and O–H groups in total. The summed E-state index contributed by atoms with van der Waals surface area (Å²) in [5.74, 6) is -2.61. The number of benzene rings is 3. The van der Waals surface area contributed by atoms with Gasteiger partial charge in [-0.2, -0.15) is 0 Å². The van der Waals surface area contributed by atoms with Gasteiger partial charge >= 0.3 is 11.9 Å². The highest BCUT2D eigenvalue weighted by molar-refractivity contribution is 5.84. The van der Waals surface area contributed by atoms with Crippen LogP contribution in [0.4, 0.5) is 0 Å². The fourth-order valence-corrected chi connectivity index (χ4v) is 5.08. The second-order valence-electron chi connectivity index (χ2n) is 9.97. The lowest BCUT2D eigenvalue weighted by Crippen LogP contribution is -2.52. The van der Waals surface area contributed by atoms with Gasteiger partial charge in [0.05, 0.1) is 19.8 Å². The third-order valence-electron chi connectivity index (χ3n) is 7.16. The summed E-state index contributed by atoms with van der Waals surface area (Å²) in [5, 5.41) is 11.3. The maximum atomic E-state index is 13.5. The van der Waals surface area contributed by atoms with Gasteiger partial charge in [0.2, 0.25) is 0 Å². The maximum absolute atomic E-state index is 13.5. The fourth-order valence-electron chi connectivity index (χ4n) is 5.08. The molecule has 0 heterocycles. The lowest BCUT2D eigenvalue weighted by atomic mass is 9.87. The zero-order valence-corrected chi connectivity index (χ0v) is 24.4. The molecule has 3 aromatic carbocycles. The lowest BCUT2D eigenvalue weighted by molar-refractivity contribution is -0.170. The number of aliphatic hydroxyl groups is 1. The van der Waals surface area contributed by atoms with Crippen molar-refractivity contribution in [3.63, 3.8) is 0 Å². The summed E-state index contributed by atoms with van der Waals surface area (Å²) in [5.41, 5.74) is 3.19. The van der Waals surface area contributed by atoms with Crippen molar-refractivity contribution in [1.82, 2.24) is 4.90 Å². The van der Waals surface area contributed by atoms with Crippen molar-refractivity contribution in [3.05, 3.63) is 108 Å². The summed E-state index contributed by atoms with van der Waals surface area (Å²) in [6, 6.07) is 29.2. The summed E-state index contributed by atoms with van der Waals surface area (Å²) in [6.07, 6.45) is -0.584. The van der Waals surface area contributed by atoms with Crippen LogP contribution in [0, 0.1) is 5.92 Å². The number of carbonyl (C=O) groups excluding carboxylic acids is 2. The second-order valence-corrected chi connectivity index (χ2v) is 9.97. The molecule has 220 valence electrons. The fraction of sp³-hybridized carbons (Fsp3) is 0.412. The van der Waals surface area contributed by atoms with Crippen molar-refractivity contribution in [2.24, 2.45) is 5.92 Å². The molecular weight excluding hydrogens is 518 g/mol. The van der Waals surface area contributed by atoms with E-state index < -0.39 is 30.0 Å². The van der Waals surface area contributed by atoms with Gasteiger partial charge in [-0.05, 0) is 50.3 Å². The van der Waals surface area contributed by atoms with Crippen LogP contribution in [0.1, 0.15) is 56.3 Å². The normalized spacial score (nSPS) is 14.2. The third kappa shape index (κ3) is 9.81. The Labute approximate surface area is 244 Å². The second kappa shape index (κ2) is 17.3. The molecule has 3 rings (SSSR count). The lowest BCUT2D eigenvalue weighted by Gasteiger charge is -2.41. The van der Waals surface area contributed by atoms with E-state index in [0.717, 1.165) is 16.7 Å². The van der Waals surface area contributed by atoms with Crippen LogP contribution in [-0.4, -0.2) is 53.9 Å². The van der Waals surface area contributed by atoms with E-state index in [1.54, 1.807) is 13.8 Å². The minimum Gasteiger partial charge on any atom is -0.466 e. The van der Waals surface area contributed by atoms with Gasteiger partial charge in [-0.3, -0.25) is 9.69 Å². The first kappa shape index (κ1) is 32.0. The minimum absolute atomic E-state index is 0.0948. The zero-order valence-electron chi connectivity index (χ0n) is 24.4. The molecule has 4 atom stereocenters. The molecule has 0 bridgehead atoms. The van der Waals surface area contributed by atoms with Gasteiger partial charge in [-0.15, -0.1) is 0 Å². The quantitative estimate of drug-likeness (QED) is 0.167. The first-order chi connectivity index (χ1) is 20.0. The molecule has 41 heavy (non-hydrogen) atoms. The van der Waals surface area contributed by atoms with Gasteiger partial charge in [0, 0.05) is 25.2 Å². The van der Waals surface area contributed by atoms with Gasteiger partial charge < -0.3 is 19.3 Å². The topological polar surface area (TPSA) is 85.3 Å². The minimum atomic E-state index is -1.68. The molecule has 0 saturated carbocycles. The Balaban J connectivity index is 1.96. The standard InChI is InChI=1S/C34H43NO6/c1-4-40-33(37)31(32(36)34(38)41-5-2)30(22-15-23-39-25-28-18-11-7-12-19-28)35(24-27-16-9-6-10-17-27)26(3)29-20-13-8-14-21-29/h6-14,16-21,26,30-32,36H,4-5,15,22-25H2,1-3H3/t26-,30-,31+,32+/m0/s1. The molecule has 3 aromatic rings. The van der Waals surface area contributed by atoms with Crippen LogP contribution in [0.3, 0.4) is 0 Å². The molecule has 7 nitrogen and oxygen atoms in total. The van der Waals surface area contributed by atoms with Crippen LogP contribution in [0.2, 0.25) is 0 Å². The van der Waals surface area contributed by atoms with Gasteiger partial charge in [-0.25, -0.2) is 4.79 Å². The van der Waals surface area contributed by atoms with Gasteiger partial charge in [0.15, 0.2) is 6.10 Å². The van der Waals surface area contributed by atoms with Crippen LogP contribution in [0.5, 0.6) is 0 Å².